The standard InChI is InChI=1S/C42H35BO2/c1-41(2)42(3,4)45-43(44-41)36-26-32-13-7-8-16-39(32)40(27-36)35-22-19-30-24-34(21-18-31(30)25-35)38-15-10-9-14-37(38)33-20-17-28-11-5-6-12-29(28)23-33/h5-27H,1-4H3. The van der Waals surface area contributed by atoms with Crippen molar-refractivity contribution in [2.75, 3.05) is 0 Å². The predicted molar refractivity (Wildman–Crippen MR) is 191 cm³/mol. The second kappa shape index (κ2) is 10.4. The monoisotopic (exact) mass is 582 g/mol. The highest BCUT2D eigenvalue weighted by atomic mass is 16.7. The molecule has 1 aliphatic rings. The summed E-state index contributed by atoms with van der Waals surface area (Å²) in [7, 11) is -0.413. The van der Waals surface area contributed by atoms with E-state index < -0.39 is 18.3 Å². The van der Waals surface area contributed by atoms with E-state index in [1.54, 1.807) is 0 Å². The van der Waals surface area contributed by atoms with Crippen molar-refractivity contribution in [3.05, 3.63) is 140 Å². The summed E-state index contributed by atoms with van der Waals surface area (Å²) in [5.74, 6) is 0. The van der Waals surface area contributed by atoms with Crippen LogP contribution in [0.1, 0.15) is 27.7 Å². The van der Waals surface area contributed by atoms with Crippen molar-refractivity contribution in [2.45, 2.75) is 38.9 Å². The van der Waals surface area contributed by atoms with Crippen LogP contribution in [0.5, 0.6) is 0 Å². The van der Waals surface area contributed by atoms with E-state index >= 15 is 0 Å². The molecule has 2 nitrogen and oxygen atoms in total. The molecule has 0 spiro atoms. The summed E-state index contributed by atoms with van der Waals surface area (Å²) < 4.78 is 12.9. The molecule has 1 fully saturated rings. The van der Waals surface area contributed by atoms with Crippen LogP contribution in [0, 0.1) is 0 Å². The van der Waals surface area contributed by atoms with Crippen molar-refractivity contribution >= 4 is 44.9 Å². The number of hydrogen-bond donors (Lipinski definition) is 0. The highest BCUT2D eigenvalue weighted by Gasteiger charge is 2.51. The number of benzene rings is 7. The summed E-state index contributed by atoms with van der Waals surface area (Å²) >= 11 is 0. The number of rotatable bonds is 4. The first kappa shape index (κ1) is 27.8. The molecule has 0 radical (unpaired) electrons. The van der Waals surface area contributed by atoms with Crippen molar-refractivity contribution in [1.29, 1.82) is 0 Å². The first-order valence-electron chi connectivity index (χ1n) is 15.8. The van der Waals surface area contributed by atoms with Gasteiger partial charge in [0.2, 0.25) is 0 Å². The maximum absolute atomic E-state index is 6.46. The van der Waals surface area contributed by atoms with E-state index in [1.165, 1.54) is 65.7 Å². The minimum Gasteiger partial charge on any atom is -0.399 e. The van der Waals surface area contributed by atoms with Gasteiger partial charge < -0.3 is 9.31 Å². The highest BCUT2D eigenvalue weighted by molar-refractivity contribution is 6.62. The van der Waals surface area contributed by atoms with Gasteiger partial charge in [-0.15, -0.1) is 0 Å². The highest BCUT2D eigenvalue weighted by Crippen LogP contribution is 2.39. The molecule has 1 aliphatic heterocycles. The molecule has 0 atom stereocenters. The normalized spacial score (nSPS) is 15.7. The average molecular weight is 583 g/mol. The van der Waals surface area contributed by atoms with Crippen molar-refractivity contribution in [2.24, 2.45) is 0 Å². The SMILES string of the molecule is CC1(C)OB(c2cc(-c3ccc4cc(-c5ccccc5-c5ccc6ccccc6c5)ccc4c3)c3ccccc3c2)OC1(C)C. The first-order valence-corrected chi connectivity index (χ1v) is 15.8. The van der Waals surface area contributed by atoms with Crippen LogP contribution in [0.15, 0.2) is 140 Å². The fourth-order valence-electron chi connectivity index (χ4n) is 6.61. The number of hydrogen-bond acceptors (Lipinski definition) is 2. The first-order chi connectivity index (χ1) is 21.8. The van der Waals surface area contributed by atoms with Crippen molar-refractivity contribution in [3.8, 4) is 33.4 Å². The minimum absolute atomic E-state index is 0.392. The van der Waals surface area contributed by atoms with Gasteiger partial charge in [0.25, 0.3) is 0 Å². The van der Waals surface area contributed by atoms with Crippen LogP contribution in [-0.2, 0) is 9.31 Å². The Balaban J connectivity index is 1.19. The van der Waals surface area contributed by atoms with Gasteiger partial charge >= 0.3 is 7.12 Å². The smallest absolute Gasteiger partial charge is 0.399 e. The zero-order valence-electron chi connectivity index (χ0n) is 26.2. The molecule has 0 amide bonds. The molecule has 1 saturated heterocycles. The lowest BCUT2D eigenvalue weighted by Gasteiger charge is -2.32. The molecule has 1 heterocycles. The van der Waals surface area contributed by atoms with E-state index in [1.807, 2.05) is 0 Å². The summed E-state index contributed by atoms with van der Waals surface area (Å²) in [5, 5.41) is 7.35. The second-order valence-corrected chi connectivity index (χ2v) is 13.3. The Kier molecular flexibility index (Phi) is 6.46. The van der Waals surface area contributed by atoms with Gasteiger partial charge in [0.1, 0.15) is 0 Å². The van der Waals surface area contributed by atoms with E-state index in [-0.39, 0.29) is 0 Å². The lowest BCUT2D eigenvalue weighted by Crippen LogP contribution is -2.41. The summed E-state index contributed by atoms with van der Waals surface area (Å²) in [5.41, 5.74) is 7.55. The van der Waals surface area contributed by atoms with Crippen molar-refractivity contribution < 1.29 is 9.31 Å². The maximum Gasteiger partial charge on any atom is 0.494 e. The van der Waals surface area contributed by atoms with Gasteiger partial charge in [-0.2, -0.15) is 0 Å². The zero-order valence-corrected chi connectivity index (χ0v) is 26.2. The fourth-order valence-corrected chi connectivity index (χ4v) is 6.61. The molecule has 0 bridgehead atoms. The Morgan fingerprint density at radius 1 is 0.400 bits per heavy atom. The molecular formula is C42H35BO2. The van der Waals surface area contributed by atoms with Crippen LogP contribution in [0.4, 0.5) is 0 Å². The lowest BCUT2D eigenvalue weighted by molar-refractivity contribution is 0.00578. The minimum atomic E-state index is -0.413. The Bertz CT molecular complexity index is 2230. The van der Waals surface area contributed by atoms with Gasteiger partial charge in [0, 0.05) is 0 Å². The van der Waals surface area contributed by atoms with Crippen LogP contribution >= 0.6 is 0 Å². The largest absolute Gasteiger partial charge is 0.494 e. The summed E-state index contributed by atoms with van der Waals surface area (Å²) in [6.07, 6.45) is 0. The van der Waals surface area contributed by atoms with Gasteiger partial charge in [-0.25, -0.2) is 0 Å². The van der Waals surface area contributed by atoms with Gasteiger partial charge in [0.05, 0.1) is 11.2 Å². The molecule has 0 aromatic heterocycles. The quantitative estimate of drug-likeness (QED) is 0.192. The van der Waals surface area contributed by atoms with Crippen LogP contribution < -0.4 is 5.46 Å². The van der Waals surface area contributed by atoms with E-state index in [9.17, 15) is 0 Å². The van der Waals surface area contributed by atoms with E-state index in [2.05, 4.69) is 167 Å². The summed E-state index contributed by atoms with van der Waals surface area (Å²) in [6, 6.07) is 50.7. The predicted octanol–water partition coefficient (Wildman–Crippen LogP) is 10.4. The van der Waals surface area contributed by atoms with Crippen LogP contribution in [0.25, 0.3) is 65.7 Å². The Labute approximate surface area is 265 Å². The van der Waals surface area contributed by atoms with E-state index in [4.69, 9.17) is 9.31 Å². The molecule has 0 N–H and O–H groups in total. The van der Waals surface area contributed by atoms with Crippen molar-refractivity contribution in [1.82, 2.24) is 0 Å². The van der Waals surface area contributed by atoms with Gasteiger partial charge in [0.15, 0.2) is 0 Å². The third-order valence-electron chi connectivity index (χ3n) is 9.86. The van der Waals surface area contributed by atoms with Crippen LogP contribution in [0.2, 0.25) is 0 Å². The molecule has 45 heavy (non-hydrogen) atoms. The molecule has 8 rings (SSSR count). The van der Waals surface area contributed by atoms with E-state index in [0.717, 1.165) is 5.46 Å². The molecular weight excluding hydrogens is 547 g/mol. The topological polar surface area (TPSA) is 18.5 Å². The number of fused-ring (bicyclic) bond motifs is 3. The summed E-state index contributed by atoms with van der Waals surface area (Å²) in [6.45, 7) is 8.42. The Morgan fingerprint density at radius 2 is 0.844 bits per heavy atom. The maximum atomic E-state index is 6.46. The molecule has 0 saturated carbocycles. The zero-order chi connectivity index (χ0) is 30.8. The Hall–Kier alpha value is -4.70. The summed E-state index contributed by atoms with van der Waals surface area (Å²) in [4.78, 5) is 0. The molecule has 0 aliphatic carbocycles. The van der Waals surface area contributed by atoms with Gasteiger partial charge in [-0.3, -0.25) is 0 Å². The molecule has 7 aromatic rings. The third-order valence-corrected chi connectivity index (χ3v) is 9.86. The second-order valence-electron chi connectivity index (χ2n) is 13.3. The van der Waals surface area contributed by atoms with Crippen molar-refractivity contribution in [3.63, 3.8) is 0 Å². The molecule has 3 heteroatoms. The van der Waals surface area contributed by atoms with Crippen LogP contribution in [-0.4, -0.2) is 18.3 Å². The Morgan fingerprint density at radius 3 is 1.44 bits per heavy atom. The van der Waals surface area contributed by atoms with E-state index in [0.29, 0.717) is 0 Å². The third kappa shape index (κ3) is 4.84. The lowest BCUT2D eigenvalue weighted by atomic mass is 9.76. The van der Waals surface area contributed by atoms with Gasteiger partial charge in [-0.05, 0) is 117 Å². The van der Waals surface area contributed by atoms with Gasteiger partial charge in [-0.1, -0.05) is 121 Å². The molecule has 0 unspecified atom stereocenters. The van der Waals surface area contributed by atoms with Crippen LogP contribution in [0.3, 0.4) is 0 Å². The molecule has 218 valence electrons. The fraction of sp³-hybridized carbons (Fsp3) is 0.143. The molecule has 7 aromatic carbocycles. The average Bonchev–Trinajstić information content (AvgIpc) is 3.29.